The fourth-order valence-electron chi connectivity index (χ4n) is 5.79. The van der Waals surface area contributed by atoms with Crippen LogP contribution in [0.3, 0.4) is 0 Å². The standard InChI is InChI=1S/C40H56/c1-31(19-13-21-33(3)25-27-37-35(5)23-15-29-39(37,7)8)17-11-12-18-32(2)20-14-22-34(4)26-28-38-36(6)24-16-30-40(38,9)10/h11-14,17-22,25-28H,15-16,23-24,29-30H2,1-10H3/b12-11+,19-13+,20-14+,27-25+,28-26+,31-17-,32-18+,33-21-,34-22-. The van der Waals surface area contributed by atoms with Gasteiger partial charge in [0, 0.05) is 0 Å². The number of hydrogen-bond donors (Lipinski definition) is 0. The zero-order chi connectivity index (χ0) is 29.8. The smallest absolute Gasteiger partial charge is 0.0104 e. The van der Waals surface area contributed by atoms with Crippen LogP contribution in [0.15, 0.2) is 130 Å². The first-order chi connectivity index (χ1) is 18.8. The van der Waals surface area contributed by atoms with E-state index in [0.717, 1.165) is 0 Å². The van der Waals surface area contributed by atoms with Crippen molar-refractivity contribution >= 4 is 0 Å². The third-order valence-corrected chi connectivity index (χ3v) is 8.38. The van der Waals surface area contributed by atoms with Gasteiger partial charge in [-0.1, -0.05) is 146 Å². The predicted octanol–water partition coefficient (Wildman–Crippen LogP) is 12.6. The third kappa shape index (κ3) is 11.3. The first-order valence-electron chi connectivity index (χ1n) is 15.3. The Labute approximate surface area is 247 Å². The summed E-state index contributed by atoms with van der Waals surface area (Å²) in [6.45, 7) is 22.7. The van der Waals surface area contributed by atoms with Gasteiger partial charge in [-0.05, 0) is 102 Å². The van der Waals surface area contributed by atoms with Crippen LogP contribution in [-0.2, 0) is 0 Å². The molecule has 0 spiro atoms. The van der Waals surface area contributed by atoms with Gasteiger partial charge in [0.05, 0.1) is 0 Å². The van der Waals surface area contributed by atoms with Crippen molar-refractivity contribution in [3.8, 4) is 0 Å². The highest BCUT2D eigenvalue weighted by molar-refractivity contribution is 5.39. The second-order valence-electron chi connectivity index (χ2n) is 13.3. The molecule has 0 heteroatoms. The van der Waals surface area contributed by atoms with Gasteiger partial charge in [-0.3, -0.25) is 0 Å². The van der Waals surface area contributed by atoms with E-state index in [1.807, 2.05) is 0 Å². The topological polar surface area (TPSA) is 0 Å². The molecule has 0 saturated heterocycles. The Morgan fingerprint density at radius 3 is 1.18 bits per heavy atom. The molecule has 0 nitrogen and oxygen atoms in total. The van der Waals surface area contributed by atoms with Crippen molar-refractivity contribution in [1.29, 1.82) is 0 Å². The summed E-state index contributed by atoms with van der Waals surface area (Å²) in [5, 5.41) is 0. The zero-order valence-corrected chi connectivity index (χ0v) is 27.3. The van der Waals surface area contributed by atoms with Crippen LogP contribution in [-0.4, -0.2) is 0 Å². The molecule has 0 radical (unpaired) electrons. The molecule has 2 aliphatic carbocycles. The maximum atomic E-state index is 2.37. The van der Waals surface area contributed by atoms with Crippen LogP contribution in [0.5, 0.6) is 0 Å². The number of hydrogen-bond acceptors (Lipinski definition) is 0. The summed E-state index contributed by atoms with van der Waals surface area (Å²) >= 11 is 0. The fourth-order valence-corrected chi connectivity index (χ4v) is 5.79. The lowest BCUT2D eigenvalue weighted by atomic mass is 9.72. The zero-order valence-electron chi connectivity index (χ0n) is 27.3. The van der Waals surface area contributed by atoms with E-state index in [4.69, 9.17) is 0 Å². The molecule has 0 heterocycles. The Morgan fingerprint density at radius 1 is 0.500 bits per heavy atom. The van der Waals surface area contributed by atoms with E-state index in [0.29, 0.717) is 10.8 Å². The van der Waals surface area contributed by atoms with E-state index >= 15 is 0 Å². The highest BCUT2D eigenvalue weighted by atomic mass is 14.3. The summed E-state index contributed by atoms with van der Waals surface area (Å²) in [6.07, 6.45) is 38.4. The summed E-state index contributed by atoms with van der Waals surface area (Å²) in [4.78, 5) is 0. The molecule has 0 amide bonds. The summed E-state index contributed by atoms with van der Waals surface area (Å²) in [7, 11) is 0. The van der Waals surface area contributed by atoms with Crippen molar-refractivity contribution in [3.63, 3.8) is 0 Å². The average molecular weight is 537 g/mol. The van der Waals surface area contributed by atoms with Gasteiger partial charge in [0.15, 0.2) is 0 Å². The molecule has 0 unspecified atom stereocenters. The monoisotopic (exact) mass is 536 g/mol. The molecule has 0 N–H and O–H groups in total. The van der Waals surface area contributed by atoms with Crippen LogP contribution in [0.2, 0.25) is 0 Å². The lowest BCUT2D eigenvalue weighted by Crippen LogP contribution is -2.19. The molecule has 0 bridgehead atoms. The molecule has 216 valence electrons. The molecule has 0 saturated carbocycles. The van der Waals surface area contributed by atoms with Crippen molar-refractivity contribution in [2.24, 2.45) is 10.8 Å². The van der Waals surface area contributed by atoms with Crippen molar-refractivity contribution in [2.75, 3.05) is 0 Å². The molecule has 0 aromatic rings. The van der Waals surface area contributed by atoms with Crippen LogP contribution in [0.1, 0.15) is 108 Å². The molecule has 40 heavy (non-hydrogen) atoms. The van der Waals surface area contributed by atoms with Crippen LogP contribution >= 0.6 is 0 Å². The minimum Gasteiger partial charge on any atom is -0.0696 e. The van der Waals surface area contributed by atoms with Crippen LogP contribution in [0.25, 0.3) is 0 Å². The lowest BCUT2D eigenvalue weighted by Gasteiger charge is -2.33. The van der Waals surface area contributed by atoms with Gasteiger partial charge in [0.1, 0.15) is 0 Å². The first kappa shape index (κ1) is 33.3. The largest absolute Gasteiger partial charge is 0.0696 e. The fraction of sp³-hybridized carbons (Fsp3) is 0.450. The predicted molar refractivity (Wildman–Crippen MR) is 181 cm³/mol. The van der Waals surface area contributed by atoms with Gasteiger partial charge in [0.25, 0.3) is 0 Å². The van der Waals surface area contributed by atoms with E-state index in [2.05, 4.69) is 154 Å². The molecule has 0 aromatic carbocycles. The molecular weight excluding hydrogens is 480 g/mol. The van der Waals surface area contributed by atoms with Crippen LogP contribution in [0.4, 0.5) is 0 Å². The van der Waals surface area contributed by atoms with Crippen molar-refractivity contribution in [3.05, 3.63) is 130 Å². The van der Waals surface area contributed by atoms with E-state index < -0.39 is 0 Å². The van der Waals surface area contributed by atoms with E-state index in [9.17, 15) is 0 Å². The molecule has 2 aliphatic rings. The molecule has 2 rings (SSSR count). The lowest BCUT2D eigenvalue weighted by molar-refractivity contribution is 0.376. The molecule has 0 aliphatic heterocycles. The summed E-state index contributed by atoms with van der Waals surface area (Å²) < 4.78 is 0. The summed E-state index contributed by atoms with van der Waals surface area (Å²) in [6, 6.07) is 0. The maximum Gasteiger partial charge on any atom is -0.0104 e. The van der Waals surface area contributed by atoms with E-state index in [1.165, 1.54) is 72.0 Å². The van der Waals surface area contributed by atoms with Gasteiger partial charge in [0.2, 0.25) is 0 Å². The Morgan fingerprint density at radius 2 is 0.825 bits per heavy atom. The molecule has 0 aromatic heterocycles. The van der Waals surface area contributed by atoms with Crippen molar-refractivity contribution in [2.45, 2.75) is 108 Å². The quantitative estimate of drug-likeness (QED) is 0.244. The number of rotatable bonds is 10. The SMILES string of the molecule is CC1=C(/C=C/C(C)=C\C=C\C(C)=C/C=C/C=C(C)/C=C/C=C(C)\C=C\C2=C(C)CCCC2(C)C)C(C)(C)CCC1. The van der Waals surface area contributed by atoms with Crippen molar-refractivity contribution in [1.82, 2.24) is 0 Å². The Bertz CT molecular complexity index is 1120. The molecule has 0 atom stereocenters. The second kappa shape index (κ2) is 15.8. The minimum atomic E-state index is 0.291. The van der Waals surface area contributed by atoms with Crippen LogP contribution in [0, 0.1) is 10.8 Å². The highest BCUT2D eigenvalue weighted by Crippen LogP contribution is 2.41. The number of allylic oxidation sites excluding steroid dienone is 22. The Hall–Kier alpha value is -2.86. The Balaban J connectivity index is 1.89. The van der Waals surface area contributed by atoms with E-state index in [-0.39, 0.29) is 0 Å². The van der Waals surface area contributed by atoms with Crippen molar-refractivity contribution < 1.29 is 0 Å². The average Bonchev–Trinajstić information content (AvgIpc) is 2.85. The van der Waals surface area contributed by atoms with Gasteiger partial charge in [-0.15, -0.1) is 0 Å². The normalized spacial score (nSPS) is 21.9. The van der Waals surface area contributed by atoms with E-state index in [1.54, 1.807) is 11.1 Å². The van der Waals surface area contributed by atoms with Crippen LogP contribution < -0.4 is 0 Å². The highest BCUT2D eigenvalue weighted by Gasteiger charge is 2.27. The van der Waals surface area contributed by atoms with Gasteiger partial charge < -0.3 is 0 Å². The second-order valence-corrected chi connectivity index (χ2v) is 13.3. The Kier molecular flexibility index (Phi) is 13.2. The minimum absolute atomic E-state index is 0.291. The van der Waals surface area contributed by atoms with Gasteiger partial charge in [-0.25, -0.2) is 0 Å². The third-order valence-electron chi connectivity index (χ3n) is 8.38. The molecular formula is C40H56. The summed E-state index contributed by atoms with van der Waals surface area (Å²) in [5.41, 5.74) is 11.7. The first-order valence-corrected chi connectivity index (χ1v) is 15.3. The molecule has 0 fully saturated rings. The van der Waals surface area contributed by atoms with Gasteiger partial charge >= 0.3 is 0 Å². The summed E-state index contributed by atoms with van der Waals surface area (Å²) in [5.74, 6) is 0. The van der Waals surface area contributed by atoms with Gasteiger partial charge in [-0.2, -0.15) is 0 Å². The maximum absolute atomic E-state index is 2.37.